The first-order valence-corrected chi connectivity index (χ1v) is 5.12. The van der Waals surface area contributed by atoms with Crippen molar-refractivity contribution in [3.63, 3.8) is 0 Å². The lowest BCUT2D eigenvalue weighted by Gasteiger charge is -1.94. The van der Waals surface area contributed by atoms with Crippen LogP contribution < -0.4 is 4.74 Å². The number of rotatable bonds is 1. The van der Waals surface area contributed by atoms with Crippen LogP contribution in [0.3, 0.4) is 0 Å². The molecule has 2 rings (SSSR count). The molecular formula is C10H6ClNOS. The van der Waals surface area contributed by atoms with Gasteiger partial charge in [-0.05, 0) is 17.5 Å². The minimum absolute atomic E-state index is 0.490. The second-order valence-electron chi connectivity index (χ2n) is 2.72. The van der Waals surface area contributed by atoms with Crippen molar-refractivity contribution in [2.24, 2.45) is 0 Å². The number of methoxy groups -OCH3 is 1. The van der Waals surface area contributed by atoms with Gasteiger partial charge < -0.3 is 4.74 Å². The lowest BCUT2D eigenvalue weighted by molar-refractivity contribution is 0.427. The SMILES string of the molecule is COc1cc2ccc(Cl)c(C#N)c2s1. The van der Waals surface area contributed by atoms with Gasteiger partial charge in [-0.3, -0.25) is 0 Å². The number of nitriles is 1. The molecule has 4 heteroatoms. The van der Waals surface area contributed by atoms with Gasteiger partial charge in [-0.2, -0.15) is 5.26 Å². The van der Waals surface area contributed by atoms with Crippen LogP contribution >= 0.6 is 22.9 Å². The van der Waals surface area contributed by atoms with E-state index in [2.05, 4.69) is 6.07 Å². The minimum atomic E-state index is 0.490. The van der Waals surface area contributed by atoms with E-state index in [1.807, 2.05) is 12.1 Å². The summed E-state index contributed by atoms with van der Waals surface area (Å²) in [6.07, 6.45) is 0. The third-order valence-corrected chi connectivity index (χ3v) is 3.37. The van der Waals surface area contributed by atoms with Gasteiger partial charge >= 0.3 is 0 Å². The lowest BCUT2D eigenvalue weighted by Crippen LogP contribution is -1.75. The van der Waals surface area contributed by atoms with Gasteiger partial charge in [0.1, 0.15) is 6.07 Å². The van der Waals surface area contributed by atoms with E-state index >= 15 is 0 Å². The fraction of sp³-hybridized carbons (Fsp3) is 0.100. The Morgan fingerprint density at radius 1 is 1.50 bits per heavy atom. The van der Waals surface area contributed by atoms with Crippen LogP contribution in [0, 0.1) is 11.3 Å². The van der Waals surface area contributed by atoms with Gasteiger partial charge in [0.2, 0.25) is 0 Å². The van der Waals surface area contributed by atoms with Gasteiger partial charge in [-0.15, -0.1) is 0 Å². The van der Waals surface area contributed by atoms with Crippen LogP contribution in [0.5, 0.6) is 5.06 Å². The number of fused-ring (bicyclic) bond motifs is 1. The van der Waals surface area contributed by atoms with Crippen LogP contribution in [0.15, 0.2) is 18.2 Å². The smallest absolute Gasteiger partial charge is 0.174 e. The van der Waals surface area contributed by atoms with Gasteiger partial charge in [-0.1, -0.05) is 29.0 Å². The molecule has 0 amide bonds. The van der Waals surface area contributed by atoms with E-state index in [-0.39, 0.29) is 0 Å². The number of nitrogens with zero attached hydrogens (tertiary/aromatic N) is 1. The maximum Gasteiger partial charge on any atom is 0.174 e. The highest BCUT2D eigenvalue weighted by molar-refractivity contribution is 7.21. The normalized spacial score (nSPS) is 10.1. The third kappa shape index (κ3) is 1.33. The first kappa shape index (κ1) is 9.32. The molecule has 70 valence electrons. The summed E-state index contributed by atoms with van der Waals surface area (Å²) < 4.78 is 5.99. The molecule has 14 heavy (non-hydrogen) atoms. The molecule has 2 aromatic rings. The minimum Gasteiger partial charge on any atom is -0.487 e. The fourth-order valence-electron chi connectivity index (χ4n) is 1.26. The second-order valence-corrected chi connectivity index (χ2v) is 4.14. The summed E-state index contributed by atoms with van der Waals surface area (Å²) in [6, 6.07) is 7.62. The molecule has 2 nitrogen and oxygen atoms in total. The molecule has 0 aliphatic rings. The highest BCUT2D eigenvalue weighted by atomic mass is 35.5. The molecule has 1 aromatic heterocycles. The molecule has 0 aliphatic carbocycles. The average molecular weight is 224 g/mol. The Balaban J connectivity index is 2.81. The fourth-order valence-corrected chi connectivity index (χ4v) is 2.49. The second kappa shape index (κ2) is 3.49. The lowest BCUT2D eigenvalue weighted by atomic mass is 10.2. The number of thiophene rings is 1. The van der Waals surface area contributed by atoms with E-state index in [1.165, 1.54) is 11.3 Å². The van der Waals surface area contributed by atoms with Gasteiger partial charge in [0.25, 0.3) is 0 Å². The molecule has 0 bridgehead atoms. The molecule has 0 radical (unpaired) electrons. The number of halogens is 1. The molecule has 0 aliphatic heterocycles. The maximum atomic E-state index is 8.93. The highest BCUT2D eigenvalue weighted by Gasteiger charge is 2.09. The van der Waals surface area contributed by atoms with Crippen molar-refractivity contribution in [2.45, 2.75) is 0 Å². The van der Waals surface area contributed by atoms with E-state index in [4.69, 9.17) is 21.6 Å². The Hall–Kier alpha value is -1.24. The maximum absolute atomic E-state index is 8.93. The summed E-state index contributed by atoms with van der Waals surface area (Å²) in [5, 5.41) is 11.2. The van der Waals surface area contributed by atoms with Gasteiger partial charge in [0.05, 0.1) is 22.4 Å². The molecule has 0 atom stereocenters. The molecule has 0 N–H and O–H groups in total. The first-order chi connectivity index (χ1) is 6.76. The van der Waals surface area contributed by atoms with Crippen molar-refractivity contribution in [1.29, 1.82) is 5.26 Å². The van der Waals surface area contributed by atoms with Crippen LogP contribution in [0.4, 0.5) is 0 Å². The summed E-state index contributed by atoms with van der Waals surface area (Å²) in [5.74, 6) is 0. The van der Waals surface area contributed by atoms with Gasteiger partial charge in [-0.25, -0.2) is 0 Å². The predicted octanol–water partition coefficient (Wildman–Crippen LogP) is 3.43. The Labute approximate surface area is 90.3 Å². The van der Waals surface area contributed by atoms with Crippen molar-refractivity contribution in [3.05, 3.63) is 28.8 Å². The molecule has 0 unspecified atom stereocenters. The topological polar surface area (TPSA) is 33.0 Å². The summed E-state index contributed by atoms with van der Waals surface area (Å²) in [4.78, 5) is 0. The Kier molecular flexibility index (Phi) is 2.32. The summed E-state index contributed by atoms with van der Waals surface area (Å²) in [7, 11) is 1.61. The zero-order valence-electron chi connectivity index (χ0n) is 7.37. The van der Waals surface area contributed by atoms with Crippen LogP contribution in [-0.4, -0.2) is 7.11 Å². The number of ether oxygens (including phenoxy) is 1. The van der Waals surface area contributed by atoms with Crippen molar-refractivity contribution >= 4 is 33.0 Å². The zero-order chi connectivity index (χ0) is 10.1. The monoisotopic (exact) mass is 223 g/mol. The molecule has 0 saturated carbocycles. The molecule has 0 saturated heterocycles. The van der Waals surface area contributed by atoms with E-state index < -0.39 is 0 Å². The summed E-state index contributed by atoms with van der Waals surface area (Å²) in [5.41, 5.74) is 0.525. The van der Waals surface area contributed by atoms with Crippen molar-refractivity contribution in [2.75, 3.05) is 7.11 Å². The zero-order valence-corrected chi connectivity index (χ0v) is 8.95. The third-order valence-electron chi connectivity index (χ3n) is 1.93. The van der Waals surface area contributed by atoms with E-state index in [0.717, 1.165) is 15.1 Å². The molecule has 1 aromatic carbocycles. The quantitative estimate of drug-likeness (QED) is 0.742. The molecule has 0 spiro atoms. The first-order valence-electron chi connectivity index (χ1n) is 3.92. The van der Waals surface area contributed by atoms with E-state index in [9.17, 15) is 0 Å². The molecule has 0 fully saturated rings. The van der Waals surface area contributed by atoms with Crippen LogP contribution in [0.1, 0.15) is 5.56 Å². The van der Waals surface area contributed by atoms with Gasteiger partial charge in [0.15, 0.2) is 5.06 Å². The van der Waals surface area contributed by atoms with Crippen LogP contribution in [0.2, 0.25) is 5.02 Å². The number of hydrogen-bond acceptors (Lipinski definition) is 3. The van der Waals surface area contributed by atoms with E-state index in [0.29, 0.717) is 10.6 Å². The van der Waals surface area contributed by atoms with Crippen molar-refractivity contribution in [1.82, 2.24) is 0 Å². The van der Waals surface area contributed by atoms with Crippen molar-refractivity contribution in [3.8, 4) is 11.1 Å². The predicted molar refractivity (Wildman–Crippen MR) is 58.1 cm³/mol. The van der Waals surface area contributed by atoms with Crippen LogP contribution in [0.25, 0.3) is 10.1 Å². The van der Waals surface area contributed by atoms with Gasteiger partial charge in [0, 0.05) is 0 Å². The van der Waals surface area contributed by atoms with E-state index in [1.54, 1.807) is 13.2 Å². The molecule has 1 heterocycles. The van der Waals surface area contributed by atoms with Crippen molar-refractivity contribution < 1.29 is 4.74 Å². The summed E-state index contributed by atoms with van der Waals surface area (Å²) in [6.45, 7) is 0. The largest absolute Gasteiger partial charge is 0.487 e. The average Bonchev–Trinajstić information content (AvgIpc) is 2.60. The Morgan fingerprint density at radius 3 is 2.93 bits per heavy atom. The van der Waals surface area contributed by atoms with Crippen LogP contribution in [-0.2, 0) is 0 Å². The standard InChI is InChI=1S/C10H6ClNOS/c1-13-9-4-6-2-3-8(11)7(5-12)10(6)14-9/h2-4H,1H3. The molecular weight excluding hydrogens is 218 g/mol. The number of hydrogen-bond donors (Lipinski definition) is 0. The summed E-state index contributed by atoms with van der Waals surface area (Å²) >= 11 is 7.33. The highest BCUT2D eigenvalue weighted by Crippen LogP contribution is 2.36. The number of benzene rings is 1. The Bertz CT molecular complexity index is 527. The Morgan fingerprint density at radius 2 is 2.29 bits per heavy atom.